The molecule has 5 nitrogen and oxygen atoms in total. The Balaban J connectivity index is 1.49. The molecule has 0 saturated carbocycles. The SMILES string of the molecule is O=C(N[C@H](C(=O)NP)c1ccccc1)OCC1c2ccccc2-c2ccccc21. The van der Waals surface area contributed by atoms with E-state index in [1.54, 1.807) is 12.1 Å². The number of benzene rings is 3. The molecule has 0 bridgehead atoms. The summed E-state index contributed by atoms with van der Waals surface area (Å²) in [6, 6.07) is 24.5. The van der Waals surface area contributed by atoms with E-state index in [2.05, 4.69) is 44.1 Å². The highest BCUT2D eigenvalue weighted by molar-refractivity contribution is 7.15. The predicted octanol–water partition coefficient (Wildman–Crippen LogP) is 4.17. The minimum Gasteiger partial charge on any atom is -0.449 e. The van der Waals surface area contributed by atoms with Crippen molar-refractivity contribution in [1.82, 2.24) is 10.4 Å². The second kappa shape index (κ2) is 8.46. The van der Waals surface area contributed by atoms with Crippen LogP contribution in [0.25, 0.3) is 11.1 Å². The van der Waals surface area contributed by atoms with Gasteiger partial charge in [0, 0.05) is 5.92 Å². The van der Waals surface area contributed by atoms with Gasteiger partial charge in [-0.05, 0) is 37.2 Å². The van der Waals surface area contributed by atoms with Crippen LogP contribution in [0.15, 0.2) is 78.9 Å². The highest BCUT2D eigenvalue weighted by atomic mass is 31.0. The number of hydrogen-bond donors (Lipinski definition) is 2. The molecule has 2 atom stereocenters. The van der Waals surface area contributed by atoms with Crippen molar-refractivity contribution in [3.05, 3.63) is 95.6 Å². The molecule has 0 fully saturated rings. The Morgan fingerprint density at radius 2 is 1.41 bits per heavy atom. The third-order valence-corrected chi connectivity index (χ3v) is 5.43. The van der Waals surface area contributed by atoms with Gasteiger partial charge in [0.2, 0.25) is 5.91 Å². The molecular formula is C23H21N2O3P. The number of ether oxygens (including phenoxy) is 1. The summed E-state index contributed by atoms with van der Waals surface area (Å²) in [5.41, 5.74) is 5.30. The Morgan fingerprint density at radius 3 is 2.00 bits per heavy atom. The van der Waals surface area contributed by atoms with Gasteiger partial charge in [-0.3, -0.25) is 4.79 Å². The summed E-state index contributed by atoms with van der Waals surface area (Å²) in [5, 5.41) is 5.17. The normalized spacial score (nSPS) is 13.1. The fourth-order valence-electron chi connectivity index (χ4n) is 3.79. The van der Waals surface area contributed by atoms with Crippen molar-refractivity contribution in [2.24, 2.45) is 0 Å². The van der Waals surface area contributed by atoms with E-state index in [1.807, 2.05) is 42.5 Å². The fraction of sp³-hybridized carbons (Fsp3) is 0.130. The number of hydrogen-bond acceptors (Lipinski definition) is 3. The van der Waals surface area contributed by atoms with Gasteiger partial charge in [-0.25, -0.2) is 4.79 Å². The van der Waals surface area contributed by atoms with Gasteiger partial charge < -0.3 is 15.1 Å². The quantitative estimate of drug-likeness (QED) is 0.627. The van der Waals surface area contributed by atoms with Crippen LogP contribution >= 0.6 is 9.39 Å². The van der Waals surface area contributed by atoms with E-state index in [-0.39, 0.29) is 18.4 Å². The van der Waals surface area contributed by atoms with E-state index in [0.717, 1.165) is 11.1 Å². The van der Waals surface area contributed by atoms with Gasteiger partial charge in [-0.1, -0.05) is 78.9 Å². The molecule has 1 aliphatic rings. The monoisotopic (exact) mass is 404 g/mol. The Hall–Kier alpha value is -3.17. The highest BCUT2D eigenvalue weighted by Gasteiger charge is 2.29. The maximum atomic E-state index is 12.5. The predicted molar refractivity (Wildman–Crippen MR) is 115 cm³/mol. The Bertz CT molecular complexity index is 994. The van der Waals surface area contributed by atoms with Gasteiger partial charge in [-0.15, -0.1) is 0 Å². The van der Waals surface area contributed by atoms with Crippen molar-refractivity contribution >= 4 is 21.4 Å². The molecule has 0 aliphatic heterocycles. The lowest BCUT2D eigenvalue weighted by molar-refractivity contribution is -0.121. The number of rotatable bonds is 5. The molecule has 3 aromatic carbocycles. The van der Waals surface area contributed by atoms with Crippen LogP contribution in [0.4, 0.5) is 4.79 Å². The van der Waals surface area contributed by atoms with Crippen LogP contribution in [0.2, 0.25) is 0 Å². The van der Waals surface area contributed by atoms with Crippen molar-refractivity contribution in [3.63, 3.8) is 0 Å². The van der Waals surface area contributed by atoms with Crippen LogP contribution in [0.5, 0.6) is 0 Å². The van der Waals surface area contributed by atoms with Crippen LogP contribution in [-0.2, 0) is 9.53 Å². The number of amides is 2. The third kappa shape index (κ3) is 3.87. The summed E-state index contributed by atoms with van der Waals surface area (Å²) in [4.78, 5) is 24.7. The number of carbonyl (C=O) groups excluding carboxylic acids is 2. The molecule has 3 aromatic rings. The minimum atomic E-state index is -0.829. The molecule has 0 aromatic heterocycles. The van der Waals surface area contributed by atoms with Gasteiger partial charge in [0.15, 0.2) is 0 Å². The zero-order valence-corrected chi connectivity index (χ0v) is 16.8. The molecule has 4 rings (SSSR count). The zero-order chi connectivity index (χ0) is 20.2. The molecular weight excluding hydrogens is 383 g/mol. The average Bonchev–Trinajstić information content (AvgIpc) is 3.10. The summed E-state index contributed by atoms with van der Waals surface area (Å²) in [5.74, 6) is -0.367. The molecule has 146 valence electrons. The molecule has 29 heavy (non-hydrogen) atoms. The van der Waals surface area contributed by atoms with Crippen LogP contribution in [0.1, 0.15) is 28.7 Å². The Morgan fingerprint density at radius 1 is 0.862 bits per heavy atom. The first-order valence-corrected chi connectivity index (χ1v) is 9.93. The lowest BCUT2D eigenvalue weighted by Crippen LogP contribution is -2.38. The molecule has 0 spiro atoms. The summed E-state index contributed by atoms with van der Waals surface area (Å²) in [6.07, 6.45) is -0.630. The highest BCUT2D eigenvalue weighted by Crippen LogP contribution is 2.44. The van der Waals surface area contributed by atoms with Crippen molar-refractivity contribution in [3.8, 4) is 11.1 Å². The lowest BCUT2D eigenvalue weighted by atomic mass is 9.98. The smallest absolute Gasteiger partial charge is 0.408 e. The topological polar surface area (TPSA) is 67.4 Å². The van der Waals surface area contributed by atoms with E-state index in [4.69, 9.17) is 4.74 Å². The fourth-order valence-corrected chi connectivity index (χ4v) is 3.95. The number of nitrogens with one attached hydrogen (secondary N) is 2. The van der Waals surface area contributed by atoms with Crippen molar-refractivity contribution in [1.29, 1.82) is 0 Å². The van der Waals surface area contributed by atoms with E-state index >= 15 is 0 Å². The maximum Gasteiger partial charge on any atom is 0.408 e. The minimum absolute atomic E-state index is 0.0288. The second-order valence-electron chi connectivity index (χ2n) is 6.82. The number of alkyl carbamates (subject to hydrolysis) is 1. The van der Waals surface area contributed by atoms with Crippen LogP contribution in [0, 0.1) is 0 Å². The summed E-state index contributed by atoms with van der Waals surface area (Å²) in [7, 11) is 2.16. The van der Waals surface area contributed by atoms with Gasteiger partial charge >= 0.3 is 6.09 Å². The summed E-state index contributed by atoms with van der Waals surface area (Å²) >= 11 is 0. The lowest BCUT2D eigenvalue weighted by Gasteiger charge is -2.19. The van der Waals surface area contributed by atoms with E-state index in [9.17, 15) is 9.59 Å². The largest absolute Gasteiger partial charge is 0.449 e. The molecule has 2 amide bonds. The Labute approximate surface area is 171 Å². The van der Waals surface area contributed by atoms with E-state index in [1.165, 1.54) is 11.1 Å². The van der Waals surface area contributed by atoms with Gasteiger partial charge in [0.05, 0.1) is 0 Å². The Kier molecular flexibility index (Phi) is 5.59. The molecule has 0 radical (unpaired) electrons. The summed E-state index contributed by atoms with van der Waals surface area (Å²) in [6.45, 7) is 0.198. The maximum absolute atomic E-state index is 12.5. The van der Waals surface area contributed by atoms with E-state index in [0.29, 0.717) is 5.56 Å². The third-order valence-electron chi connectivity index (χ3n) is 5.14. The second-order valence-corrected chi connectivity index (χ2v) is 7.11. The van der Waals surface area contributed by atoms with Crippen LogP contribution < -0.4 is 10.4 Å². The molecule has 6 heteroatoms. The molecule has 0 saturated heterocycles. The first kappa shape index (κ1) is 19.2. The van der Waals surface area contributed by atoms with Crippen LogP contribution in [0.3, 0.4) is 0 Å². The van der Waals surface area contributed by atoms with Crippen molar-refractivity contribution in [2.75, 3.05) is 6.61 Å². The standard InChI is InChI=1S/C23H21N2O3P/c26-22(25-29)21(15-8-2-1-3-9-15)24-23(27)28-14-20-18-12-6-4-10-16(18)17-11-5-7-13-19(17)20/h1-13,20-21H,14,29H2,(H,24,27)(H,25,26)/t21-/m0/s1. The number of fused-ring (bicyclic) bond motifs is 3. The first-order valence-electron chi connectivity index (χ1n) is 9.36. The molecule has 2 N–H and O–H groups in total. The van der Waals surface area contributed by atoms with Crippen molar-refractivity contribution < 1.29 is 14.3 Å². The number of carbonyl (C=O) groups is 2. The van der Waals surface area contributed by atoms with Crippen LogP contribution in [-0.4, -0.2) is 18.6 Å². The van der Waals surface area contributed by atoms with E-state index < -0.39 is 12.1 Å². The van der Waals surface area contributed by atoms with Crippen molar-refractivity contribution in [2.45, 2.75) is 12.0 Å². The first-order chi connectivity index (χ1) is 14.2. The zero-order valence-electron chi connectivity index (χ0n) is 15.7. The van der Waals surface area contributed by atoms with Gasteiger partial charge in [-0.2, -0.15) is 0 Å². The average molecular weight is 404 g/mol. The molecule has 0 heterocycles. The van der Waals surface area contributed by atoms with Gasteiger partial charge in [0.1, 0.15) is 12.6 Å². The molecule has 1 aliphatic carbocycles. The summed E-state index contributed by atoms with van der Waals surface area (Å²) < 4.78 is 5.55. The van der Waals surface area contributed by atoms with Gasteiger partial charge in [0.25, 0.3) is 0 Å². The molecule has 1 unspecified atom stereocenters.